The number of benzene rings is 2. The fraction of sp³-hybridized carbons (Fsp3) is 0.333. The number of halogens is 1. The van der Waals surface area contributed by atoms with E-state index in [1.165, 1.54) is 23.9 Å². The van der Waals surface area contributed by atoms with Gasteiger partial charge in [-0.25, -0.2) is 9.18 Å². The van der Waals surface area contributed by atoms with Crippen LogP contribution in [0.2, 0.25) is 0 Å². The number of rotatable bonds is 9. The third-order valence-corrected chi connectivity index (χ3v) is 5.22. The summed E-state index contributed by atoms with van der Waals surface area (Å²) < 4.78 is 23.6. The maximum absolute atomic E-state index is 13.5. The van der Waals surface area contributed by atoms with Crippen molar-refractivity contribution in [2.75, 3.05) is 31.4 Å². The molecule has 0 saturated carbocycles. The summed E-state index contributed by atoms with van der Waals surface area (Å²) in [7, 11) is 3.33. The normalized spacial score (nSPS) is 10.4. The van der Waals surface area contributed by atoms with Crippen LogP contribution in [0.15, 0.2) is 47.4 Å². The summed E-state index contributed by atoms with van der Waals surface area (Å²) in [5, 5.41) is 0. The van der Waals surface area contributed by atoms with Gasteiger partial charge in [0.15, 0.2) is 0 Å². The number of carbonyl (C=O) groups excluding carboxylic acids is 2. The average molecular weight is 405 g/mol. The average Bonchev–Trinajstić information content (AvgIpc) is 2.71. The minimum atomic E-state index is -0.542. The lowest BCUT2D eigenvalue weighted by molar-refractivity contribution is -0.118. The van der Waals surface area contributed by atoms with Crippen LogP contribution in [-0.2, 0) is 9.53 Å². The van der Waals surface area contributed by atoms with E-state index in [0.717, 1.165) is 11.4 Å². The van der Waals surface area contributed by atoms with Gasteiger partial charge in [0.05, 0.1) is 19.3 Å². The van der Waals surface area contributed by atoms with Crippen molar-refractivity contribution in [3.05, 3.63) is 53.8 Å². The molecule has 0 radical (unpaired) electrons. The van der Waals surface area contributed by atoms with Crippen LogP contribution in [0.4, 0.5) is 10.1 Å². The molecule has 2 aromatic carbocycles. The molecule has 150 valence electrons. The van der Waals surface area contributed by atoms with Crippen molar-refractivity contribution in [3.8, 4) is 5.75 Å². The number of anilines is 1. The summed E-state index contributed by atoms with van der Waals surface area (Å²) in [4.78, 5) is 26.6. The number of hydrogen-bond donors (Lipinski definition) is 0. The van der Waals surface area contributed by atoms with Gasteiger partial charge < -0.3 is 14.4 Å². The monoisotopic (exact) mass is 405 g/mol. The van der Waals surface area contributed by atoms with Crippen LogP contribution in [0.5, 0.6) is 5.75 Å². The third kappa shape index (κ3) is 5.99. The molecule has 0 saturated heterocycles. The molecule has 0 fully saturated rings. The second-order valence-electron chi connectivity index (χ2n) is 5.96. The molecule has 0 aromatic heterocycles. The first-order chi connectivity index (χ1) is 13.5. The van der Waals surface area contributed by atoms with E-state index < -0.39 is 11.8 Å². The van der Waals surface area contributed by atoms with Crippen LogP contribution >= 0.6 is 11.8 Å². The largest absolute Gasteiger partial charge is 0.497 e. The first-order valence-electron chi connectivity index (χ1n) is 8.96. The van der Waals surface area contributed by atoms with Gasteiger partial charge in [0.2, 0.25) is 5.91 Å². The highest BCUT2D eigenvalue weighted by atomic mass is 32.2. The van der Waals surface area contributed by atoms with Gasteiger partial charge in [0.1, 0.15) is 11.6 Å². The standard InChI is InChI=1S/C21H24FNO4S/c1-4-27-21(25)18-14-15(22)7-12-19(18)28-13-5-6-20(24)23(2)16-8-10-17(26-3)11-9-16/h7-12,14H,4-6,13H2,1-3H3. The summed E-state index contributed by atoms with van der Waals surface area (Å²) >= 11 is 1.41. The van der Waals surface area contributed by atoms with Crippen molar-refractivity contribution in [1.82, 2.24) is 0 Å². The van der Waals surface area contributed by atoms with Crippen LogP contribution < -0.4 is 9.64 Å². The fourth-order valence-electron chi connectivity index (χ4n) is 2.52. The van der Waals surface area contributed by atoms with E-state index in [0.29, 0.717) is 23.5 Å². The van der Waals surface area contributed by atoms with E-state index in [1.807, 2.05) is 12.1 Å². The smallest absolute Gasteiger partial charge is 0.339 e. The highest BCUT2D eigenvalue weighted by Crippen LogP contribution is 2.26. The number of hydrogen-bond acceptors (Lipinski definition) is 5. The summed E-state index contributed by atoms with van der Waals surface area (Å²) in [6.07, 6.45) is 0.995. The van der Waals surface area contributed by atoms with E-state index in [2.05, 4.69) is 0 Å². The molecule has 0 aliphatic heterocycles. The van der Waals surface area contributed by atoms with Crippen molar-refractivity contribution >= 4 is 29.3 Å². The topological polar surface area (TPSA) is 55.8 Å². The van der Waals surface area contributed by atoms with Crippen LogP contribution in [-0.4, -0.2) is 38.4 Å². The molecule has 0 N–H and O–H groups in total. The zero-order valence-electron chi connectivity index (χ0n) is 16.2. The molecule has 0 unspecified atom stereocenters. The van der Waals surface area contributed by atoms with Gasteiger partial charge in [0.25, 0.3) is 0 Å². The second-order valence-corrected chi connectivity index (χ2v) is 7.10. The van der Waals surface area contributed by atoms with Gasteiger partial charge in [-0.05, 0) is 61.6 Å². The maximum Gasteiger partial charge on any atom is 0.339 e. The molecule has 28 heavy (non-hydrogen) atoms. The van der Waals surface area contributed by atoms with Crippen LogP contribution in [0.3, 0.4) is 0 Å². The van der Waals surface area contributed by atoms with E-state index in [4.69, 9.17) is 9.47 Å². The lowest BCUT2D eigenvalue weighted by atomic mass is 10.2. The molecule has 2 rings (SSSR count). The molecule has 0 spiro atoms. The Morgan fingerprint density at radius 1 is 1.14 bits per heavy atom. The number of amides is 1. The summed E-state index contributed by atoms with van der Waals surface area (Å²) in [5.74, 6) is 0.331. The molecule has 0 aliphatic carbocycles. The van der Waals surface area contributed by atoms with Crippen molar-refractivity contribution in [2.45, 2.75) is 24.7 Å². The molecular formula is C21H24FNO4S. The van der Waals surface area contributed by atoms with Crippen molar-refractivity contribution < 1.29 is 23.5 Å². The fourth-order valence-corrected chi connectivity index (χ4v) is 3.49. The molecule has 7 heteroatoms. The Kier molecular flexibility index (Phi) is 8.32. The third-order valence-electron chi connectivity index (χ3n) is 4.06. The van der Waals surface area contributed by atoms with Crippen LogP contribution in [0.25, 0.3) is 0 Å². The number of nitrogens with zero attached hydrogens (tertiary/aromatic N) is 1. The first-order valence-corrected chi connectivity index (χ1v) is 9.95. The lowest BCUT2D eigenvalue weighted by Crippen LogP contribution is -2.25. The van der Waals surface area contributed by atoms with E-state index in [1.54, 1.807) is 44.2 Å². The van der Waals surface area contributed by atoms with Gasteiger partial charge in [-0.3, -0.25) is 4.79 Å². The minimum absolute atomic E-state index is 0.00418. The molecule has 0 heterocycles. The zero-order valence-corrected chi connectivity index (χ0v) is 17.1. The molecule has 0 atom stereocenters. The number of methoxy groups -OCH3 is 1. The molecule has 0 bridgehead atoms. The summed E-state index contributed by atoms with van der Waals surface area (Å²) in [6.45, 7) is 1.93. The maximum atomic E-state index is 13.5. The van der Waals surface area contributed by atoms with Crippen molar-refractivity contribution in [2.24, 2.45) is 0 Å². The Morgan fingerprint density at radius 3 is 2.50 bits per heavy atom. The Bertz CT molecular complexity index is 811. The van der Waals surface area contributed by atoms with Crippen molar-refractivity contribution in [1.29, 1.82) is 0 Å². The van der Waals surface area contributed by atoms with Gasteiger partial charge >= 0.3 is 5.97 Å². The molecule has 0 aliphatic rings. The predicted molar refractivity (Wildman–Crippen MR) is 109 cm³/mol. The highest BCUT2D eigenvalue weighted by molar-refractivity contribution is 7.99. The second kappa shape index (κ2) is 10.7. The van der Waals surface area contributed by atoms with Gasteiger partial charge in [-0.2, -0.15) is 0 Å². The van der Waals surface area contributed by atoms with Gasteiger partial charge in [0, 0.05) is 24.1 Å². The summed E-state index contributed by atoms with van der Waals surface area (Å²) in [6, 6.07) is 11.3. The Labute approximate surface area is 168 Å². The SMILES string of the molecule is CCOC(=O)c1cc(F)ccc1SCCCC(=O)N(C)c1ccc(OC)cc1. The predicted octanol–water partition coefficient (Wildman–Crippen LogP) is 4.55. The molecular weight excluding hydrogens is 381 g/mol. The summed E-state index contributed by atoms with van der Waals surface area (Å²) in [5.41, 5.74) is 1.01. The van der Waals surface area contributed by atoms with E-state index in [9.17, 15) is 14.0 Å². The lowest BCUT2D eigenvalue weighted by Gasteiger charge is -2.17. The number of ether oxygens (including phenoxy) is 2. The zero-order chi connectivity index (χ0) is 20.5. The number of thioether (sulfide) groups is 1. The molecule has 1 amide bonds. The first kappa shape index (κ1) is 21.8. The highest BCUT2D eigenvalue weighted by Gasteiger charge is 2.15. The Balaban J connectivity index is 1.88. The quantitative estimate of drug-likeness (QED) is 0.348. The van der Waals surface area contributed by atoms with E-state index in [-0.39, 0.29) is 18.1 Å². The number of carbonyl (C=O) groups is 2. The Morgan fingerprint density at radius 2 is 1.86 bits per heavy atom. The van der Waals surface area contributed by atoms with Crippen LogP contribution in [0.1, 0.15) is 30.1 Å². The number of esters is 1. The van der Waals surface area contributed by atoms with Crippen LogP contribution in [0, 0.1) is 5.82 Å². The van der Waals surface area contributed by atoms with E-state index >= 15 is 0 Å². The van der Waals surface area contributed by atoms with Crippen molar-refractivity contribution in [3.63, 3.8) is 0 Å². The molecule has 5 nitrogen and oxygen atoms in total. The molecule has 2 aromatic rings. The van der Waals surface area contributed by atoms with Gasteiger partial charge in [-0.15, -0.1) is 11.8 Å². The Hall–Kier alpha value is -2.54. The van der Waals surface area contributed by atoms with Gasteiger partial charge in [-0.1, -0.05) is 0 Å². The minimum Gasteiger partial charge on any atom is -0.497 e.